The van der Waals surface area contributed by atoms with Crippen LogP contribution in [0.1, 0.15) is 28.7 Å². The van der Waals surface area contributed by atoms with Crippen LogP contribution in [-0.2, 0) is 16.1 Å². The third-order valence-electron chi connectivity index (χ3n) is 5.46. The number of amides is 1. The molecular formula is C21H21N3O4. The Morgan fingerprint density at radius 3 is 2.75 bits per heavy atom. The Kier molecular flexibility index (Phi) is 4.12. The molecule has 3 aromatic rings. The molecule has 7 nitrogen and oxygen atoms in total. The predicted octanol–water partition coefficient (Wildman–Crippen LogP) is 2.76. The molecular weight excluding hydrogens is 358 g/mol. The van der Waals surface area contributed by atoms with Crippen LogP contribution in [0.4, 0.5) is 0 Å². The minimum Gasteiger partial charge on any atom is -0.508 e. The largest absolute Gasteiger partial charge is 0.508 e. The lowest BCUT2D eigenvalue weighted by Gasteiger charge is -2.28. The van der Waals surface area contributed by atoms with Crippen molar-refractivity contribution < 1.29 is 19.8 Å². The number of carboxylic acids is 1. The van der Waals surface area contributed by atoms with E-state index in [1.807, 2.05) is 26.0 Å². The molecule has 28 heavy (non-hydrogen) atoms. The molecule has 0 unspecified atom stereocenters. The van der Waals surface area contributed by atoms with Crippen molar-refractivity contribution in [2.45, 2.75) is 32.9 Å². The summed E-state index contributed by atoms with van der Waals surface area (Å²) in [6.45, 7) is 4.34. The number of phenols is 1. The van der Waals surface area contributed by atoms with Gasteiger partial charge in [-0.1, -0.05) is 0 Å². The van der Waals surface area contributed by atoms with Crippen LogP contribution in [0.3, 0.4) is 0 Å². The van der Waals surface area contributed by atoms with Crippen molar-refractivity contribution in [3.05, 3.63) is 46.7 Å². The Balaban J connectivity index is 1.84. The van der Waals surface area contributed by atoms with E-state index in [1.165, 1.54) is 4.90 Å². The Labute approximate surface area is 161 Å². The van der Waals surface area contributed by atoms with Crippen LogP contribution < -0.4 is 5.73 Å². The van der Waals surface area contributed by atoms with Crippen LogP contribution in [0.5, 0.6) is 5.75 Å². The van der Waals surface area contributed by atoms with Gasteiger partial charge in [0.25, 0.3) is 0 Å². The summed E-state index contributed by atoms with van der Waals surface area (Å²) in [4.78, 5) is 28.3. The fourth-order valence-electron chi connectivity index (χ4n) is 4.02. The zero-order valence-corrected chi connectivity index (χ0v) is 15.6. The monoisotopic (exact) mass is 379 g/mol. The van der Waals surface area contributed by atoms with Crippen molar-refractivity contribution in [1.82, 2.24) is 9.88 Å². The summed E-state index contributed by atoms with van der Waals surface area (Å²) in [7, 11) is 0. The molecule has 0 spiro atoms. The van der Waals surface area contributed by atoms with Crippen molar-refractivity contribution >= 4 is 39.8 Å². The van der Waals surface area contributed by atoms with E-state index in [1.54, 1.807) is 18.3 Å². The van der Waals surface area contributed by atoms with Crippen molar-refractivity contribution in [2.75, 3.05) is 0 Å². The maximum atomic E-state index is 12.6. The SMILES string of the molecule is Cc1c2c(c(C)c3c1[nH]c1ccc(O)cc13)CN(C(=O)[C@H](N)CC(=O)O)C=C2. The van der Waals surface area contributed by atoms with Crippen molar-refractivity contribution in [1.29, 1.82) is 0 Å². The number of benzene rings is 2. The standard InChI is InChI=1S/C21H21N3O4/c1-10-15-9-24(21(28)16(22)8-18(26)27)6-5-13(15)11(2)20-19(10)14-7-12(25)3-4-17(14)23-20/h3-7,16,23,25H,8-9,22H2,1-2H3,(H,26,27)/t16-/m1/s1. The number of nitrogens with zero attached hydrogens (tertiary/aromatic N) is 1. The maximum absolute atomic E-state index is 12.6. The number of H-pyrrole nitrogens is 1. The van der Waals surface area contributed by atoms with Gasteiger partial charge in [0, 0.05) is 22.5 Å². The van der Waals surface area contributed by atoms with Crippen LogP contribution in [0, 0.1) is 13.8 Å². The third-order valence-corrected chi connectivity index (χ3v) is 5.46. The van der Waals surface area contributed by atoms with Gasteiger partial charge in [-0.2, -0.15) is 0 Å². The van der Waals surface area contributed by atoms with E-state index in [9.17, 15) is 14.7 Å². The van der Waals surface area contributed by atoms with E-state index >= 15 is 0 Å². The Hall–Kier alpha value is -3.32. The van der Waals surface area contributed by atoms with Crippen LogP contribution in [-0.4, -0.2) is 38.0 Å². The van der Waals surface area contributed by atoms with E-state index in [4.69, 9.17) is 10.8 Å². The summed E-state index contributed by atoms with van der Waals surface area (Å²) in [6, 6.07) is 4.14. The number of carbonyl (C=O) groups is 2. The van der Waals surface area contributed by atoms with Gasteiger partial charge in [-0.3, -0.25) is 9.59 Å². The molecule has 1 amide bonds. The van der Waals surface area contributed by atoms with Gasteiger partial charge in [0.1, 0.15) is 5.75 Å². The number of fused-ring (bicyclic) bond motifs is 4. The van der Waals surface area contributed by atoms with E-state index < -0.39 is 24.3 Å². The van der Waals surface area contributed by atoms with E-state index in [0.29, 0.717) is 6.54 Å². The second kappa shape index (κ2) is 6.38. The van der Waals surface area contributed by atoms with Gasteiger partial charge in [0.2, 0.25) is 5.91 Å². The molecule has 5 N–H and O–H groups in total. The number of hydrogen-bond acceptors (Lipinski definition) is 4. The van der Waals surface area contributed by atoms with Crippen LogP contribution >= 0.6 is 0 Å². The van der Waals surface area contributed by atoms with Crippen molar-refractivity contribution in [3.8, 4) is 5.75 Å². The second-order valence-corrected chi connectivity index (χ2v) is 7.23. The molecule has 0 aliphatic carbocycles. The summed E-state index contributed by atoms with van der Waals surface area (Å²) >= 11 is 0. The van der Waals surface area contributed by atoms with Gasteiger partial charge in [0.15, 0.2) is 0 Å². The maximum Gasteiger partial charge on any atom is 0.305 e. The number of hydrogen-bond donors (Lipinski definition) is 4. The number of aromatic amines is 1. The molecule has 4 rings (SSSR count). The van der Waals surface area contributed by atoms with Gasteiger partial charge < -0.3 is 25.8 Å². The number of nitrogens with two attached hydrogens (primary N) is 1. The zero-order chi connectivity index (χ0) is 20.2. The first-order chi connectivity index (χ1) is 13.3. The van der Waals surface area contributed by atoms with Crippen molar-refractivity contribution in [3.63, 3.8) is 0 Å². The van der Waals surface area contributed by atoms with E-state index in [2.05, 4.69) is 4.98 Å². The normalized spacial score (nSPS) is 14.5. The zero-order valence-electron chi connectivity index (χ0n) is 15.6. The fraction of sp³-hybridized carbons (Fsp3) is 0.238. The van der Waals surface area contributed by atoms with Gasteiger partial charge >= 0.3 is 5.97 Å². The number of rotatable bonds is 3. The quantitative estimate of drug-likeness (QED) is 0.558. The highest BCUT2D eigenvalue weighted by Crippen LogP contribution is 2.38. The Morgan fingerprint density at radius 2 is 2.04 bits per heavy atom. The molecule has 0 saturated heterocycles. The number of phenolic OH excluding ortho intramolecular Hbond substituents is 1. The molecule has 1 aromatic heterocycles. The minimum absolute atomic E-state index is 0.194. The van der Waals surface area contributed by atoms with Crippen molar-refractivity contribution in [2.24, 2.45) is 5.73 Å². The van der Waals surface area contributed by atoms with Gasteiger partial charge in [-0.05, 0) is 60.4 Å². The molecule has 0 radical (unpaired) electrons. The summed E-state index contributed by atoms with van der Waals surface area (Å²) in [5, 5.41) is 20.7. The number of nitrogens with one attached hydrogen (secondary N) is 1. The number of aromatic nitrogens is 1. The highest BCUT2D eigenvalue weighted by molar-refractivity contribution is 6.11. The molecule has 144 valence electrons. The Morgan fingerprint density at radius 1 is 1.29 bits per heavy atom. The molecule has 2 heterocycles. The molecule has 1 aliphatic rings. The predicted molar refractivity (Wildman–Crippen MR) is 107 cm³/mol. The lowest BCUT2D eigenvalue weighted by Crippen LogP contribution is -2.42. The van der Waals surface area contributed by atoms with Crippen LogP contribution in [0.2, 0.25) is 0 Å². The average Bonchev–Trinajstić information content (AvgIpc) is 3.03. The van der Waals surface area contributed by atoms with Crippen LogP contribution in [0.25, 0.3) is 27.9 Å². The lowest BCUT2D eigenvalue weighted by molar-refractivity contribution is -0.141. The summed E-state index contributed by atoms with van der Waals surface area (Å²) < 4.78 is 0. The second-order valence-electron chi connectivity index (χ2n) is 7.23. The summed E-state index contributed by atoms with van der Waals surface area (Å²) in [6.07, 6.45) is 3.13. The fourth-order valence-corrected chi connectivity index (χ4v) is 4.02. The molecule has 1 atom stereocenters. The van der Waals surface area contributed by atoms with Gasteiger partial charge in [-0.15, -0.1) is 0 Å². The average molecular weight is 379 g/mol. The Bertz CT molecular complexity index is 1180. The van der Waals surface area contributed by atoms with Crippen LogP contribution in [0.15, 0.2) is 24.4 Å². The number of carboxylic acid groups (broad SMARTS) is 1. The molecule has 2 aromatic carbocycles. The third kappa shape index (κ3) is 2.71. The molecule has 0 bridgehead atoms. The highest BCUT2D eigenvalue weighted by atomic mass is 16.4. The first-order valence-corrected chi connectivity index (χ1v) is 9.00. The molecule has 0 saturated carbocycles. The highest BCUT2D eigenvalue weighted by Gasteiger charge is 2.27. The number of aromatic hydroxyl groups is 1. The number of aryl methyl sites for hydroxylation is 2. The summed E-state index contributed by atoms with van der Waals surface area (Å²) in [5.41, 5.74) is 11.8. The molecule has 1 aliphatic heterocycles. The first kappa shape index (κ1) is 18.1. The van der Waals surface area contributed by atoms with E-state index in [0.717, 1.165) is 44.1 Å². The molecule has 0 fully saturated rings. The topological polar surface area (TPSA) is 120 Å². The smallest absolute Gasteiger partial charge is 0.305 e. The van der Waals surface area contributed by atoms with Gasteiger partial charge in [-0.25, -0.2) is 0 Å². The first-order valence-electron chi connectivity index (χ1n) is 9.00. The molecule has 7 heteroatoms. The summed E-state index contributed by atoms with van der Waals surface area (Å²) in [5.74, 6) is -1.33. The van der Waals surface area contributed by atoms with Gasteiger partial charge in [0.05, 0.1) is 24.5 Å². The lowest BCUT2D eigenvalue weighted by atomic mass is 9.90. The number of carbonyl (C=O) groups excluding carboxylic acids is 1. The number of aliphatic carboxylic acids is 1. The van der Waals surface area contributed by atoms with E-state index in [-0.39, 0.29) is 5.75 Å². The minimum atomic E-state index is -1.10.